The molecule has 1 aliphatic heterocycles. The third-order valence-corrected chi connectivity index (χ3v) is 5.77. The van der Waals surface area contributed by atoms with Gasteiger partial charge in [0.15, 0.2) is 23.0 Å². The van der Waals surface area contributed by atoms with Crippen molar-refractivity contribution in [2.45, 2.75) is 26.1 Å². The van der Waals surface area contributed by atoms with Crippen LogP contribution in [0.3, 0.4) is 0 Å². The fourth-order valence-corrected chi connectivity index (χ4v) is 3.86. The SMILES string of the molecule is COc1cc(C(=N)N)ccc1OCc1cccc(COc2ccc(C3=NCCC3)cc2OC)c1F. The van der Waals surface area contributed by atoms with E-state index in [1.165, 1.54) is 7.11 Å². The Labute approximate surface area is 203 Å². The molecule has 0 atom stereocenters. The summed E-state index contributed by atoms with van der Waals surface area (Å²) in [5.41, 5.74) is 8.91. The van der Waals surface area contributed by atoms with Gasteiger partial charge < -0.3 is 24.7 Å². The van der Waals surface area contributed by atoms with Gasteiger partial charge in [0.25, 0.3) is 0 Å². The number of aliphatic imine (C=N–C) groups is 1. The maximum atomic E-state index is 15.2. The molecule has 0 bridgehead atoms. The number of halogens is 1. The largest absolute Gasteiger partial charge is 0.493 e. The van der Waals surface area contributed by atoms with Gasteiger partial charge in [0.2, 0.25) is 0 Å². The molecule has 182 valence electrons. The number of nitrogen functional groups attached to an aromatic ring is 1. The van der Waals surface area contributed by atoms with E-state index in [2.05, 4.69) is 4.99 Å². The molecule has 3 aromatic carbocycles. The Kier molecular flexibility index (Phi) is 7.50. The maximum Gasteiger partial charge on any atom is 0.161 e. The first-order chi connectivity index (χ1) is 17.0. The summed E-state index contributed by atoms with van der Waals surface area (Å²) in [4.78, 5) is 4.52. The monoisotopic (exact) mass is 477 g/mol. The number of hydrogen-bond donors (Lipinski definition) is 2. The number of nitrogens with two attached hydrogens (primary N) is 1. The lowest BCUT2D eigenvalue weighted by molar-refractivity contribution is 0.270. The second-order valence-electron chi connectivity index (χ2n) is 8.04. The molecule has 3 aromatic rings. The molecule has 0 unspecified atom stereocenters. The number of rotatable bonds is 10. The smallest absolute Gasteiger partial charge is 0.161 e. The quantitative estimate of drug-likeness (QED) is 0.321. The third-order valence-electron chi connectivity index (χ3n) is 5.77. The minimum Gasteiger partial charge on any atom is -0.493 e. The van der Waals surface area contributed by atoms with E-state index >= 15 is 4.39 Å². The summed E-state index contributed by atoms with van der Waals surface area (Å²) < 4.78 is 37.7. The van der Waals surface area contributed by atoms with E-state index in [0.717, 1.165) is 30.7 Å². The van der Waals surface area contributed by atoms with Gasteiger partial charge in [0.1, 0.15) is 24.9 Å². The molecule has 7 nitrogen and oxygen atoms in total. The molecule has 1 heterocycles. The fourth-order valence-electron chi connectivity index (χ4n) is 3.86. The van der Waals surface area contributed by atoms with Gasteiger partial charge in [-0.2, -0.15) is 0 Å². The first-order valence-corrected chi connectivity index (χ1v) is 11.3. The lowest BCUT2D eigenvalue weighted by atomic mass is 10.1. The van der Waals surface area contributed by atoms with Crippen LogP contribution in [0.4, 0.5) is 4.39 Å². The second kappa shape index (κ2) is 10.9. The minimum atomic E-state index is -0.400. The lowest BCUT2D eigenvalue weighted by Gasteiger charge is -2.15. The Morgan fingerprint density at radius 1 is 0.914 bits per heavy atom. The van der Waals surface area contributed by atoms with Gasteiger partial charge in [-0.3, -0.25) is 10.4 Å². The second-order valence-corrected chi connectivity index (χ2v) is 8.04. The number of hydrogen-bond acceptors (Lipinski definition) is 6. The van der Waals surface area contributed by atoms with Crippen LogP contribution in [0, 0.1) is 11.2 Å². The van der Waals surface area contributed by atoms with Crippen molar-refractivity contribution in [1.82, 2.24) is 0 Å². The van der Waals surface area contributed by atoms with Crippen LogP contribution >= 0.6 is 0 Å². The van der Waals surface area contributed by atoms with Gasteiger partial charge in [-0.1, -0.05) is 18.2 Å². The van der Waals surface area contributed by atoms with Crippen molar-refractivity contribution in [1.29, 1.82) is 5.41 Å². The van der Waals surface area contributed by atoms with E-state index in [9.17, 15) is 0 Å². The van der Waals surface area contributed by atoms with Gasteiger partial charge >= 0.3 is 0 Å². The molecule has 8 heteroatoms. The van der Waals surface area contributed by atoms with Crippen LogP contribution in [-0.2, 0) is 13.2 Å². The highest BCUT2D eigenvalue weighted by Crippen LogP contribution is 2.31. The van der Waals surface area contributed by atoms with E-state index in [1.807, 2.05) is 18.2 Å². The Bertz CT molecular complexity index is 1260. The highest BCUT2D eigenvalue weighted by molar-refractivity contribution is 6.02. The summed E-state index contributed by atoms with van der Waals surface area (Å²) in [6.45, 7) is 0.883. The first kappa shape index (κ1) is 24.1. The van der Waals surface area contributed by atoms with Gasteiger partial charge in [-0.05, 0) is 54.8 Å². The fraction of sp³-hybridized carbons (Fsp3) is 0.259. The molecule has 0 saturated carbocycles. The van der Waals surface area contributed by atoms with Crippen LogP contribution in [0.25, 0.3) is 0 Å². The van der Waals surface area contributed by atoms with Crippen molar-refractivity contribution in [3.63, 3.8) is 0 Å². The predicted molar refractivity (Wildman–Crippen MR) is 133 cm³/mol. The molecule has 0 radical (unpaired) electrons. The average molecular weight is 478 g/mol. The first-order valence-electron chi connectivity index (χ1n) is 11.3. The van der Waals surface area contributed by atoms with E-state index in [1.54, 1.807) is 43.5 Å². The summed E-state index contributed by atoms with van der Waals surface area (Å²) in [6.07, 6.45) is 2.02. The Morgan fingerprint density at radius 2 is 1.54 bits per heavy atom. The van der Waals surface area contributed by atoms with Crippen LogP contribution in [-0.4, -0.2) is 32.3 Å². The van der Waals surface area contributed by atoms with Crippen molar-refractivity contribution in [3.05, 3.63) is 82.7 Å². The molecular weight excluding hydrogens is 449 g/mol. The molecule has 35 heavy (non-hydrogen) atoms. The van der Waals surface area contributed by atoms with Crippen LogP contribution in [0.15, 0.2) is 59.6 Å². The van der Waals surface area contributed by atoms with Crippen molar-refractivity contribution in [3.8, 4) is 23.0 Å². The van der Waals surface area contributed by atoms with Crippen molar-refractivity contribution >= 4 is 11.5 Å². The third kappa shape index (κ3) is 5.54. The molecular formula is C27H28FN3O4. The van der Waals surface area contributed by atoms with Crippen LogP contribution in [0.2, 0.25) is 0 Å². The van der Waals surface area contributed by atoms with Gasteiger partial charge in [0.05, 0.1) is 14.2 Å². The van der Waals surface area contributed by atoms with E-state index in [4.69, 9.17) is 30.1 Å². The van der Waals surface area contributed by atoms with Crippen LogP contribution in [0.5, 0.6) is 23.0 Å². The van der Waals surface area contributed by atoms with Gasteiger partial charge in [-0.15, -0.1) is 0 Å². The Balaban J connectivity index is 1.45. The molecule has 0 saturated heterocycles. The number of ether oxygens (including phenoxy) is 4. The van der Waals surface area contributed by atoms with Crippen molar-refractivity contribution in [2.24, 2.45) is 10.7 Å². The molecule has 0 fully saturated rings. The molecule has 4 rings (SSSR count). The molecule has 0 aliphatic carbocycles. The predicted octanol–water partition coefficient (Wildman–Crippen LogP) is 4.87. The van der Waals surface area contributed by atoms with Crippen LogP contribution in [0.1, 0.15) is 35.1 Å². The zero-order valence-corrected chi connectivity index (χ0v) is 19.8. The highest BCUT2D eigenvalue weighted by Gasteiger charge is 2.15. The summed E-state index contributed by atoms with van der Waals surface area (Å²) in [5.74, 6) is 1.48. The topological polar surface area (TPSA) is 99.2 Å². The number of amidine groups is 1. The minimum absolute atomic E-state index is 0.00438. The number of nitrogens with zero attached hydrogens (tertiary/aromatic N) is 1. The number of methoxy groups -OCH3 is 2. The number of nitrogens with one attached hydrogen (secondary N) is 1. The molecule has 0 aromatic heterocycles. The van der Waals surface area contributed by atoms with Crippen molar-refractivity contribution < 1.29 is 23.3 Å². The summed E-state index contributed by atoms with van der Waals surface area (Å²) in [5, 5.41) is 7.55. The molecule has 0 spiro atoms. The highest BCUT2D eigenvalue weighted by atomic mass is 19.1. The summed E-state index contributed by atoms with van der Waals surface area (Å²) >= 11 is 0. The van der Waals surface area contributed by atoms with Crippen molar-refractivity contribution in [2.75, 3.05) is 20.8 Å². The molecule has 3 N–H and O–H groups in total. The lowest BCUT2D eigenvalue weighted by Crippen LogP contribution is -2.11. The van der Waals surface area contributed by atoms with E-state index in [0.29, 0.717) is 39.7 Å². The number of benzene rings is 3. The zero-order chi connectivity index (χ0) is 24.8. The summed E-state index contributed by atoms with van der Waals surface area (Å²) in [7, 11) is 3.07. The summed E-state index contributed by atoms with van der Waals surface area (Å²) in [6, 6.07) is 15.7. The zero-order valence-electron chi connectivity index (χ0n) is 19.8. The van der Waals surface area contributed by atoms with Gasteiger partial charge in [0, 0.05) is 28.9 Å². The average Bonchev–Trinajstić information content (AvgIpc) is 3.42. The van der Waals surface area contributed by atoms with Crippen LogP contribution < -0.4 is 24.7 Å². The Hall–Kier alpha value is -4.07. The molecule has 0 amide bonds. The van der Waals surface area contributed by atoms with Gasteiger partial charge in [-0.25, -0.2) is 4.39 Å². The maximum absolute atomic E-state index is 15.2. The molecule has 1 aliphatic rings. The van der Waals surface area contributed by atoms with E-state index in [-0.39, 0.29) is 19.0 Å². The Morgan fingerprint density at radius 3 is 2.11 bits per heavy atom. The van der Waals surface area contributed by atoms with E-state index < -0.39 is 5.82 Å². The normalized spacial score (nSPS) is 12.7. The standard InChI is InChI=1S/C27H28FN3O4/c1-32-24-13-17(21-7-4-12-31-21)8-10-22(24)34-15-19-5-3-6-20(26(19)28)16-35-23-11-9-18(27(29)30)14-25(23)33-2/h3,5-6,8-11,13-14H,4,7,12,15-16H2,1-2H3,(H3,29,30).